The Morgan fingerprint density at radius 3 is 2.75 bits per heavy atom. The highest BCUT2D eigenvalue weighted by atomic mass is 79.9. The zero-order valence-electron chi connectivity index (χ0n) is 10.5. The van der Waals surface area contributed by atoms with Crippen molar-refractivity contribution in [2.75, 3.05) is 13.2 Å². The van der Waals surface area contributed by atoms with E-state index in [2.05, 4.69) is 21.2 Å². The number of carbonyl (C=O) groups is 1. The Kier molecular flexibility index (Phi) is 4.70. The van der Waals surface area contributed by atoms with Crippen LogP contribution in [0.25, 0.3) is 0 Å². The van der Waals surface area contributed by atoms with Crippen molar-refractivity contribution < 1.29 is 22.7 Å². The number of halogens is 4. The van der Waals surface area contributed by atoms with Crippen LogP contribution in [0.4, 0.5) is 13.2 Å². The van der Waals surface area contributed by atoms with E-state index in [1.165, 1.54) is 6.07 Å². The van der Waals surface area contributed by atoms with Gasteiger partial charge in [-0.05, 0) is 47.0 Å². The van der Waals surface area contributed by atoms with E-state index in [0.717, 1.165) is 25.0 Å². The van der Waals surface area contributed by atoms with Crippen LogP contribution in [0.3, 0.4) is 0 Å². The summed E-state index contributed by atoms with van der Waals surface area (Å²) in [6.45, 7) is 1.04. The number of nitrogens with one attached hydrogen (secondary N) is 1. The number of ether oxygens (including phenoxy) is 1. The molecule has 1 aliphatic rings. The number of alkyl halides is 3. The molecule has 0 saturated carbocycles. The molecule has 2 rings (SSSR count). The molecule has 20 heavy (non-hydrogen) atoms. The summed E-state index contributed by atoms with van der Waals surface area (Å²) in [5.41, 5.74) is -0.865. The highest BCUT2D eigenvalue weighted by Crippen LogP contribution is 2.31. The lowest BCUT2D eigenvalue weighted by atomic mass is 10.1. The summed E-state index contributed by atoms with van der Waals surface area (Å²) in [4.78, 5) is 12.0. The maximum Gasteiger partial charge on any atom is 0.416 e. The summed E-state index contributed by atoms with van der Waals surface area (Å²) in [5.74, 6) is -0.529. The largest absolute Gasteiger partial charge is 0.416 e. The van der Waals surface area contributed by atoms with E-state index in [9.17, 15) is 18.0 Å². The first kappa shape index (κ1) is 15.3. The summed E-state index contributed by atoms with van der Waals surface area (Å²) in [5, 5.41) is 2.69. The Morgan fingerprint density at radius 2 is 2.15 bits per heavy atom. The summed E-state index contributed by atoms with van der Waals surface area (Å²) in [6, 6.07) is 2.86. The summed E-state index contributed by atoms with van der Waals surface area (Å²) in [7, 11) is 0. The first-order valence-electron chi connectivity index (χ1n) is 6.13. The van der Waals surface area contributed by atoms with Gasteiger partial charge < -0.3 is 10.1 Å². The van der Waals surface area contributed by atoms with E-state index < -0.39 is 17.6 Å². The third-order valence-electron chi connectivity index (χ3n) is 3.03. The second kappa shape index (κ2) is 6.13. The van der Waals surface area contributed by atoms with Crippen LogP contribution in [0.1, 0.15) is 28.8 Å². The number of hydrogen-bond donors (Lipinski definition) is 1. The van der Waals surface area contributed by atoms with Crippen molar-refractivity contribution in [2.45, 2.75) is 25.1 Å². The smallest absolute Gasteiger partial charge is 0.379 e. The number of rotatable bonds is 2. The van der Waals surface area contributed by atoms with Crippen LogP contribution in [-0.4, -0.2) is 25.2 Å². The third kappa shape index (κ3) is 3.73. The van der Waals surface area contributed by atoms with Gasteiger partial charge in [0, 0.05) is 11.1 Å². The van der Waals surface area contributed by atoms with Gasteiger partial charge in [0.15, 0.2) is 0 Å². The molecule has 1 aromatic rings. The average molecular weight is 352 g/mol. The Balaban J connectivity index is 2.16. The fourth-order valence-corrected chi connectivity index (χ4v) is 2.42. The van der Waals surface area contributed by atoms with Crippen molar-refractivity contribution >= 4 is 21.8 Å². The second-order valence-corrected chi connectivity index (χ2v) is 5.43. The van der Waals surface area contributed by atoms with Gasteiger partial charge >= 0.3 is 6.18 Å². The molecule has 3 nitrogen and oxygen atoms in total. The van der Waals surface area contributed by atoms with Crippen LogP contribution in [0.2, 0.25) is 0 Å². The Morgan fingerprint density at radius 1 is 1.40 bits per heavy atom. The second-order valence-electron chi connectivity index (χ2n) is 4.58. The van der Waals surface area contributed by atoms with Gasteiger partial charge in [-0.25, -0.2) is 0 Å². The third-order valence-corrected chi connectivity index (χ3v) is 3.73. The van der Waals surface area contributed by atoms with Gasteiger partial charge in [0.2, 0.25) is 0 Å². The first-order valence-corrected chi connectivity index (χ1v) is 6.92. The van der Waals surface area contributed by atoms with Crippen molar-refractivity contribution in [3.05, 3.63) is 33.8 Å². The predicted molar refractivity (Wildman–Crippen MR) is 70.5 cm³/mol. The van der Waals surface area contributed by atoms with Crippen LogP contribution in [0, 0.1) is 0 Å². The minimum atomic E-state index is -4.47. The van der Waals surface area contributed by atoms with Gasteiger partial charge in [0.05, 0.1) is 23.8 Å². The van der Waals surface area contributed by atoms with Crippen molar-refractivity contribution in [3.8, 4) is 0 Å². The number of benzene rings is 1. The molecule has 0 aliphatic carbocycles. The van der Waals surface area contributed by atoms with E-state index in [1.54, 1.807) is 0 Å². The summed E-state index contributed by atoms with van der Waals surface area (Å²) in [6.07, 6.45) is -2.87. The minimum absolute atomic E-state index is 0.0228. The van der Waals surface area contributed by atoms with Gasteiger partial charge in [-0.3, -0.25) is 4.79 Å². The standard InChI is InChI=1S/C13H13BrF3NO2/c14-11-4-3-8(13(15,16)17)6-10(11)12(19)18-9-2-1-5-20-7-9/h3-4,6,9H,1-2,5,7H2,(H,18,19). The summed E-state index contributed by atoms with van der Waals surface area (Å²) < 4.78 is 43.5. The fraction of sp³-hybridized carbons (Fsp3) is 0.462. The van der Waals surface area contributed by atoms with Crippen molar-refractivity contribution in [2.24, 2.45) is 0 Å². The molecule has 0 bridgehead atoms. The monoisotopic (exact) mass is 351 g/mol. The molecule has 1 fully saturated rings. The van der Waals surface area contributed by atoms with Crippen LogP contribution in [0.5, 0.6) is 0 Å². The Labute approximate surface area is 122 Å². The number of hydrogen-bond acceptors (Lipinski definition) is 2. The average Bonchev–Trinajstić information content (AvgIpc) is 2.39. The van der Waals surface area contributed by atoms with Crippen LogP contribution in [0.15, 0.2) is 22.7 Å². The molecule has 110 valence electrons. The highest BCUT2D eigenvalue weighted by molar-refractivity contribution is 9.10. The molecule has 1 amide bonds. The Hall–Kier alpha value is -1.08. The maximum absolute atomic E-state index is 12.7. The fourth-order valence-electron chi connectivity index (χ4n) is 1.99. The topological polar surface area (TPSA) is 38.3 Å². The van der Waals surface area contributed by atoms with Gasteiger partial charge in [-0.15, -0.1) is 0 Å². The van der Waals surface area contributed by atoms with E-state index >= 15 is 0 Å². The normalized spacial score (nSPS) is 19.7. The van der Waals surface area contributed by atoms with Crippen LogP contribution in [-0.2, 0) is 10.9 Å². The van der Waals surface area contributed by atoms with E-state index in [4.69, 9.17) is 4.74 Å². The molecule has 1 atom stereocenters. The van der Waals surface area contributed by atoms with E-state index in [-0.39, 0.29) is 11.6 Å². The van der Waals surface area contributed by atoms with Crippen molar-refractivity contribution in [1.82, 2.24) is 5.32 Å². The Bertz CT molecular complexity index is 499. The lowest BCUT2D eigenvalue weighted by Gasteiger charge is -2.23. The highest BCUT2D eigenvalue weighted by Gasteiger charge is 2.31. The zero-order chi connectivity index (χ0) is 14.8. The van der Waals surface area contributed by atoms with Crippen LogP contribution >= 0.6 is 15.9 Å². The van der Waals surface area contributed by atoms with E-state index in [0.29, 0.717) is 17.7 Å². The molecule has 1 aromatic carbocycles. The molecule has 1 N–H and O–H groups in total. The summed E-state index contributed by atoms with van der Waals surface area (Å²) >= 11 is 3.10. The predicted octanol–water partition coefficient (Wildman–Crippen LogP) is 3.38. The molecular formula is C13H13BrF3NO2. The van der Waals surface area contributed by atoms with Gasteiger partial charge in [0.1, 0.15) is 0 Å². The van der Waals surface area contributed by atoms with Gasteiger partial charge in [0.25, 0.3) is 5.91 Å². The number of carbonyl (C=O) groups excluding carboxylic acids is 1. The van der Waals surface area contributed by atoms with Crippen molar-refractivity contribution in [1.29, 1.82) is 0 Å². The van der Waals surface area contributed by atoms with Gasteiger partial charge in [-0.2, -0.15) is 13.2 Å². The molecule has 1 saturated heterocycles. The number of amides is 1. The minimum Gasteiger partial charge on any atom is -0.379 e. The molecule has 1 unspecified atom stereocenters. The molecule has 1 aliphatic heterocycles. The lowest BCUT2D eigenvalue weighted by molar-refractivity contribution is -0.137. The quantitative estimate of drug-likeness (QED) is 0.886. The zero-order valence-corrected chi connectivity index (χ0v) is 12.1. The first-order chi connectivity index (χ1) is 9.38. The van der Waals surface area contributed by atoms with Gasteiger partial charge in [-0.1, -0.05) is 0 Å². The molecular weight excluding hydrogens is 339 g/mol. The van der Waals surface area contributed by atoms with E-state index in [1.807, 2.05) is 0 Å². The SMILES string of the molecule is O=C(NC1CCCOC1)c1cc(C(F)(F)F)ccc1Br. The molecule has 0 spiro atoms. The van der Waals surface area contributed by atoms with Crippen molar-refractivity contribution in [3.63, 3.8) is 0 Å². The molecule has 7 heteroatoms. The molecule has 1 heterocycles. The van der Waals surface area contributed by atoms with Crippen LogP contribution < -0.4 is 5.32 Å². The maximum atomic E-state index is 12.7. The molecule has 0 aromatic heterocycles. The molecule has 0 radical (unpaired) electrons. The lowest BCUT2D eigenvalue weighted by Crippen LogP contribution is -2.40.